The van der Waals surface area contributed by atoms with Crippen LogP contribution in [-0.4, -0.2) is 37.5 Å². The second-order valence-corrected chi connectivity index (χ2v) is 11.7. The molecule has 8 nitrogen and oxygen atoms in total. The van der Waals surface area contributed by atoms with Gasteiger partial charge in [-0.3, -0.25) is 9.48 Å². The average molecular weight is 516 g/mol. The Labute approximate surface area is 224 Å². The highest BCUT2D eigenvalue weighted by molar-refractivity contribution is 5.89. The lowest BCUT2D eigenvalue weighted by Gasteiger charge is -2.22. The lowest BCUT2D eigenvalue weighted by atomic mass is 9.96. The number of aromatic nitrogens is 4. The Balaban J connectivity index is 1.54. The summed E-state index contributed by atoms with van der Waals surface area (Å²) in [6.07, 6.45) is 0.642. The number of amides is 1. The molecule has 0 radical (unpaired) electrons. The predicted molar refractivity (Wildman–Crippen MR) is 148 cm³/mol. The van der Waals surface area contributed by atoms with Gasteiger partial charge in [-0.2, -0.15) is 10.1 Å². The Kier molecular flexibility index (Phi) is 7.56. The molecule has 0 saturated carbocycles. The van der Waals surface area contributed by atoms with Gasteiger partial charge >= 0.3 is 11.8 Å². The summed E-state index contributed by atoms with van der Waals surface area (Å²) in [5.74, 6) is 0.0715. The molecule has 0 aliphatic carbocycles. The largest absolute Gasteiger partial charge is 0.396 e. The highest BCUT2D eigenvalue weighted by Gasteiger charge is 2.24. The van der Waals surface area contributed by atoms with E-state index in [-0.39, 0.29) is 23.5 Å². The van der Waals surface area contributed by atoms with E-state index in [1.165, 1.54) is 0 Å². The minimum Gasteiger partial charge on any atom is -0.396 e. The smallest absolute Gasteiger partial charge is 0.315 e. The third-order valence-electron chi connectivity index (χ3n) is 6.36. The lowest BCUT2D eigenvalue weighted by molar-refractivity contribution is 0.0907. The summed E-state index contributed by atoms with van der Waals surface area (Å²) >= 11 is 0. The van der Waals surface area contributed by atoms with E-state index in [2.05, 4.69) is 77.3 Å². The van der Waals surface area contributed by atoms with Crippen molar-refractivity contribution in [1.82, 2.24) is 25.2 Å². The second-order valence-electron chi connectivity index (χ2n) is 11.7. The van der Waals surface area contributed by atoms with Crippen LogP contribution < -0.4 is 5.32 Å². The van der Waals surface area contributed by atoms with Gasteiger partial charge in [0.25, 0.3) is 0 Å². The van der Waals surface area contributed by atoms with E-state index in [0.29, 0.717) is 18.8 Å². The number of rotatable bonds is 7. The molecular formula is C30H37N5O3. The Morgan fingerprint density at radius 1 is 1.00 bits per heavy atom. The van der Waals surface area contributed by atoms with E-state index in [0.717, 1.165) is 39.2 Å². The Hall–Kier alpha value is -3.78. The number of aliphatic hydroxyl groups is 1. The molecule has 200 valence electrons. The summed E-state index contributed by atoms with van der Waals surface area (Å²) in [5.41, 5.74) is 6.63. The fourth-order valence-electron chi connectivity index (χ4n) is 4.14. The van der Waals surface area contributed by atoms with Crippen molar-refractivity contribution in [2.24, 2.45) is 0 Å². The molecule has 0 saturated heterocycles. The van der Waals surface area contributed by atoms with Crippen molar-refractivity contribution in [2.45, 2.75) is 72.4 Å². The topological polar surface area (TPSA) is 106 Å². The van der Waals surface area contributed by atoms with Crippen LogP contribution >= 0.6 is 0 Å². The fourth-order valence-corrected chi connectivity index (χ4v) is 4.14. The van der Waals surface area contributed by atoms with Crippen molar-refractivity contribution < 1.29 is 14.4 Å². The zero-order chi connectivity index (χ0) is 27.7. The quantitative estimate of drug-likeness (QED) is 0.340. The first-order chi connectivity index (χ1) is 17.9. The maximum Gasteiger partial charge on any atom is 0.315 e. The number of nitrogens with one attached hydrogen (secondary N) is 1. The predicted octanol–water partition coefficient (Wildman–Crippen LogP) is 5.43. The number of benzene rings is 2. The van der Waals surface area contributed by atoms with Gasteiger partial charge in [0.2, 0.25) is 0 Å². The van der Waals surface area contributed by atoms with Crippen molar-refractivity contribution in [3.05, 3.63) is 76.9 Å². The molecule has 0 aliphatic rings. The highest BCUT2D eigenvalue weighted by Crippen LogP contribution is 2.31. The van der Waals surface area contributed by atoms with Crippen LogP contribution in [0.25, 0.3) is 22.5 Å². The molecule has 0 aliphatic heterocycles. The first-order valence-corrected chi connectivity index (χ1v) is 12.9. The summed E-state index contributed by atoms with van der Waals surface area (Å²) < 4.78 is 7.21. The van der Waals surface area contributed by atoms with Crippen molar-refractivity contribution in [3.63, 3.8) is 0 Å². The van der Waals surface area contributed by atoms with E-state index in [1.807, 2.05) is 39.8 Å². The molecule has 0 unspecified atom stereocenters. The standard InChI is InChI=1S/C30H37N5O3/c1-19-16-22(12-13-23(19)18-31-26(37)27-32-28(34-38-27)29(2,3)4)24-17-25(35(33-24)30(5,6)7)21-10-8-20(9-11-21)14-15-36/h8-13,16-17,36H,14-15,18H2,1-7H3,(H,31,37). The normalized spacial score (nSPS) is 12.1. The van der Waals surface area contributed by atoms with Gasteiger partial charge in [0, 0.05) is 24.1 Å². The van der Waals surface area contributed by atoms with Crippen molar-refractivity contribution >= 4 is 5.91 Å². The molecule has 4 rings (SSSR count). The molecule has 8 heteroatoms. The van der Waals surface area contributed by atoms with Gasteiger partial charge in [0.15, 0.2) is 5.82 Å². The van der Waals surface area contributed by atoms with Crippen LogP contribution in [0.3, 0.4) is 0 Å². The van der Waals surface area contributed by atoms with Crippen LogP contribution in [0.1, 0.15) is 74.7 Å². The molecule has 0 atom stereocenters. The number of carbonyl (C=O) groups excluding carboxylic acids is 1. The average Bonchev–Trinajstić information content (AvgIpc) is 3.52. The van der Waals surface area contributed by atoms with Crippen LogP contribution in [0.15, 0.2) is 53.1 Å². The van der Waals surface area contributed by atoms with E-state index in [4.69, 9.17) is 9.62 Å². The van der Waals surface area contributed by atoms with Gasteiger partial charge in [-0.1, -0.05) is 62.3 Å². The van der Waals surface area contributed by atoms with Crippen LogP contribution in [0.4, 0.5) is 0 Å². The van der Waals surface area contributed by atoms with Gasteiger partial charge in [-0.05, 0) is 68.5 Å². The van der Waals surface area contributed by atoms with Crippen molar-refractivity contribution in [2.75, 3.05) is 6.61 Å². The fraction of sp³-hybridized carbons (Fsp3) is 0.400. The van der Waals surface area contributed by atoms with E-state index >= 15 is 0 Å². The summed E-state index contributed by atoms with van der Waals surface area (Å²) in [5, 5.41) is 21.0. The van der Waals surface area contributed by atoms with Crippen LogP contribution in [0.2, 0.25) is 0 Å². The molecule has 0 spiro atoms. The molecular weight excluding hydrogens is 478 g/mol. The first kappa shape index (κ1) is 27.3. The Morgan fingerprint density at radius 3 is 2.26 bits per heavy atom. The summed E-state index contributed by atoms with van der Waals surface area (Å²) in [7, 11) is 0. The number of aryl methyl sites for hydroxylation is 1. The first-order valence-electron chi connectivity index (χ1n) is 12.9. The highest BCUT2D eigenvalue weighted by atomic mass is 16.5. The van der Waals surface area contributed by atoms with E-state index < -0.39 is 5.91 Å². The minimum atomic E-state index is -0.393. The number of aliphatic hydroxyl groups excluding tert-OH is 1. The zero-order valence-electron chi connectivity index (χ0n) is 23.3. The molecule has 2 N–H and O–H groups in total. The minimum absolute atomic E-state index is 0.0335. The maximum atomic E-state index is 12.6. The molecule has 0 fully saturated rings. The van der Waals surface area contributed by atoms with E-state index in [9.17, 15) is 9.90 Å². The van der Waals surface area contributed by atoms with Gasteiger partial charge in [-0.25, -0.2) is 0 Å². The van der Waals surface area contributed by atoms with Gasteiger partial charge in [0.05, 0.1) is 16.9 Å². The zero-order valence-corrected chi connectivity index (χ0v) is 23.3. The molecule has 0 bridgehead atoms. The molecule has 1 amide bonds. The summed E-state index contributed by atoms with van der Waals surface area (Å²) in [6, 6.07) is 16.5. The third kappa shape index (κ3) is 6.02. The number of hydrogen-bond donors (Lipinski definition) is 2. The van der Waals surface area contributed by atoms with Crippen molar-refractivity contribution in [1.29, 1.82) is 0 Å². The summed E-state index contributed by atoms with van der Waals surface area (Å²) in [6.45, 7) is 14.8. The monoisotopic (exact) mass is 515 g/mol. The van der Waals surface area contributed by atoms with Gasteiger partial charge in [-0.15, -0.1) is 0 Å². The number of carbonyl (C=O) groups is 1. The molecule has 38 heavy (non-hydrogen) atoms. The molecule has 2 aromatic heterocycles. The lowest BCUT2D eigenvalue weighted by Crippen LogP contribution is -2.24. The molecule has 2 aromatic carbocycles. The number of hydrogen-bond acceptors (Lipinski definition) is 6. The SMILES string of the molecule is Cc1cc(-c2cc(-c3ccc(CCO)cc3)n(C(C)(C)C)n2)ccc1CNC(=O)c1nc(C(C)(C)C)no1. The van der Waals surface area contributed by atoms with Crippen LogP contribution in [-0.2, 0) is 23.9 Å². The van der Waals surface area contributed by atoms with Crippen molar-refractivity contribution in [3.8, 4) is 22.5 Å². The van der Waals surface area contributed by atoms with E-state index in [1.54, 1.807) is 0 Å². The number of nitrogens with zero attached hydrogens (tertiary/aromatic N) is 4. The second kappa shape index (κ2) is 10.5. The Morgan fingerprint density at radius 2 is 1.68 bits per heavy atom. The summed E-state index contributed by atoms with van der Waals surface area (Å²) in [4.78, 5) is 16.8. The maximum absolute atomic E-state index is 12.6. The van der Waals surface area contributed by atoms with Gasteiger partial charge in [0.1, 0.15) is 0 Å². The van der Waals surface area contributed by atoms with Crippen LogP contribution in [0, 0.1) is 6.92 Å². The van der Waals surface area contributed by atoms with Crippen LogP contribution in [0.5, 0.6) is 0 Å². The third-order valence-corrected chi connectivity index (χ3v) is 6.36. The Bertz CT molecular complexity index is 1420. The molecule has 2 heterocycles. The van der Waals surface area contributed by atoms with Gasteiger partial charge < -0.3 is 14.9 Å². The molecule has 4 aromatic rings.